The summed E-state index contributed by atoms with van der Waals surface area (Å²) >= 11 is 0. The van der Waals surface area contributed by atoms with E-state index in [1.807, 2.05) is 6.92 Å². The zero-order chi connectivity index (χ0) is 15.7. The fourth-order valence-corrected chi connectivity index (χ4v) is 2.57. The molecular formula is C15H30N2O3. The van der Waals surface area contributed by atoms with Gasteiger partial charge in [0.1, 0.15) is 0 Å². The molecule has 0 bridgehead atoms. The Balaban J connectivity index is 4.43. The first kappa shape index (κ1) is 18.9. The molecule has 118 valence electrons. The van der Waals surface area contributed by atoms with E-state index < -0.39 is 5.97 Å². The molecular weight excluding hydrogens is 256 g/mol. The smallest absolute Gasteiger partial charge is 0.305 e. The van der Waals surface area contributed by atoms with Crippen LogP contribution in [0.1, 0.15) is 53.4 Å². The van der Waals surface area contributed by atoms with Crippen molar-refractivity contribution >= 4 is 11.9 Å². The average molecular weight is 286 g/mol. The molecule has 1 amide bonds. The number of carbonyl (C=O) groups excluding carboxylic acids is 1. The Hall–Kier alpha value is -1.10. The maximum atomic E-state index is 12.2. The number of carboxylic acid groups (broad SMARTS) is 1. The molecule has 0 aliphatic heterocycles. The van der Waals surface area contributed by atoms with Crippen LogP contribution in [-0.4, -0.2) is 41.0 Å². The normalized spacial score (nSPS) is 14.1. The zero-order valence-electron chi connectivity index (χ0n) is 13.3. The lowest BCUT2D eigenvalue weighted by Crippen LogP contribution is -2.39. The van der Waals surface area contributed by atoms with Crippen molar-refractivity contribution in [2.75, 3.05) is 13.1 Å². The zero-order valence-corrected chi connectivity index (χ0v) is 13.3. The van der Waals surface area contributed by atoms with Crippen LogP contribution in [0.3, 0.4) is 0 Å². The van der Waals surface area contributed by atoms with Crippen molar-refractivity contribution in [2.45, 2.75) is 59.4 Å². The van der Waals surface area contributed by atoms with Gasteiger partial charge in [-0.25, -0.2) is 0 Å². The minimum Gasteiger partial charge on any atom is -0.481 e. The molecule has 0 saturated carbocycles. The van der Waals surface area contributed by atoms with Crippen molar-refractivity contribution in [1.29, 1.82) is 0 Å². The minimum atomic E-state index is -0.869. The predicted octanol–water partition coefficient (Wildman–Crippen LogP) is 2.10. The fraction of sp³-hybridized carbons (Fsp3) is 0.867. The third-order valence-electron chi connectivity index (χ3n) is 3.87. The number of nitrogens with two attached hydrogens (primary N) is 1. The maximum Gasteiger partial charge on any atom is 0.305 e. The molecule has 0 aromatic carbocycles. The van der Waals surface area contributed by atoms with E-state index in [9.17, 15) is 9.59 Å². The largest absolute Gasteiger partial charge is 0.481 e. The lowest BCUT2D eigenvalue weighted by Gasteiger charge is -2.28. The van der Waals surface area contributed by atoms with Crippen LogP contribution < -0.4 is 5.73 Å². The summed E-state index contributed by atoms with van der Waals surface area (Å²) in [6, 6.07) is -0.253. The molecule has 2 unspecified atom stereocenters. The Morgan fingerprint density at radius 3 is 2.20 bits per heavy atom. The van der Waals surface area contributed by atoms with Crippen LogP contribution in [0.2, 0.25) is 0 Å². The Kier molecular flexibility index (Phi) is 9.21. The standard InChI is InChI=1S/C15H30N2O3/c1-5-17(12(4)10-15(19)20)14(18)7-6-13(8-9-16)11(2)3/h11-13H,5-10,16H2,1-4H3,(H,19,20). The van der Waals surface area contributed by atoms with Crippen LogP contribution >= 0.6 is 0 Å². The van der Waals surface area contributed by atoms with Gasteiger partial charge in [-0.1, -0.05) is 13.8 Å². The Labute approximate surface area is 122 Å². The third-order valence-corrected chi connectivity index (χ3v) is 3.87. The summed E-state index contributed by atoms with van der Waals surface area (Å²) in [6.45, 7) is 9.16. The van der Waals surface area contributed by atoms with E-state index in [-0.39, 0.29) is 18.4 Å². The number of rotatable bonds is 10. The molecule has 0 saturated heterocycles. The van der Waals surface area contributed by atoms with Crippen LogP contribution in [0.15, 0.2) is 0 Å². The third kappa shape index (κ3) is 6.89. The lowest BCUT2D eigenvalue weighted by molar-refractivity contribution is -0.140. The number of aliphatic carboxylic acids is 1. The number of hydrogen-bond acceptors (Lipinski definition) is 3. The highest BCUT2D eigenvalue weighted by atomic mass is 16.4. The first-order valence-corrected chi connectivity index (χ1v) is 7.54. The summed E-state index contributed by atoms with van der Waals surface area (Å²) in [4.78, 5) is 24.6. The Morgan fingerprint density at radius 1 is 1.20 bits per heavy atom. The SMILES string of the molecule is CCN(C(=O)CCC(CCN)C(C)C)C(C)CC(=O)O. The molecule has 0 heterocycles. The quantitative estimate of drug-likeness (QED) is 0.644. The Bertz CT molecular complexity index is 305. The monoisotopic (exact) mass is 286 g/mol. The molecule has 5 nitrogen and oxygen atoms in total. The highest BCUT2D eigenvalue weighted by Crippen LogP contribution is 2.21. The molecule has 0 aliphatic rings. The summed E-state index contributed by atoms with van der Waals surface area (Å²) in [6.07, 6.45) is 2.22. The second-order valence-corrected chi connectivity index (χ2v) is 5.75. The first-order valence-electron chi connectivity index (χ1n) is 7.54. The van der Waals surface area contributed by atoms with Gasteiger partial charge in [-0.15, -0.1) is 0 Å². The van der Waals surface area contributed by atoms with Gasteiger partial charge in [0.15, 0.2) is 0 Å². The molecule has 0 aromatic rings. The minimum absolute atomic E-state index is 0.00398. The predicted molar refractivity (Wildman–Crippen MR) is 80.3 cm³/mol. The van der Waals surface area contributed by atoms with Gasteiger partial charge < -0.3 is 15.7 Å². The van der Waals surface area contributed by atoms with Crippen molar-refractivity contribution in [3.05, 3.63) is 0 Å². The molecule has 0 radical (unpaired) electrons. The van der Waals surface area contributed by atoms with Gasteiger partial charge in [0.05, 0.1) is 6.42 Å². The van der Waals surface area contributed by atoms with Crippen molar-refractivity contribution < 1.29 is 14.7 Å². The van der Waals surface area contributed by atoms with E-state index >= 15 is 0 Å². The highest BCUT2D eigenvalue weighted by molar-refractivity contribution is 5.77. The van der Waals surface area contributed by atoms with Gasteiger partial charge in [-0.05, 0) is 45.1 Å². The summed E-state index contributed by atoms with van der Waals surface area (Å²) in [5, 5.41) is 8.82. The number of carboxylic acids is 1. The van der Waals surface area contributed by atoms with Gasteiger partial charge >= 0.3 is 5.97 Å². The summed E-state index contributed by atoms with van der Waals surface area (Å²) in [5.74, 6) is 0.145. The molecule has 3 N–H and O–H groups in total. The first-order chi connectivity index (χ1) is 9.33. The Morgan fingerprint density at radius 2 is 1.80 bits per heavy atom. The molecule has 0 spiro atoms. The number of hydrogen-bond donors (Lipinski definition) is 2. The van der Waals surface area contributed by atoms with Crippen molar-refractivity contribution in [1.82, 2.24) is 4.90 Å². The number of amides is 1. The van der Waals surface area contributed by atoms with E-state index in [1.165, 1.54) is 0 Å². The van der Waals surface area contributed by atoms with Crippen LogP contribution in [0, 0.1) is 11.8 Å². The van der Waals surface area contributed by atoms with E-state index in [0.717, 1.165) is 12.8 Å². The fourth-order valence-electron chi connectivity index (χ4n) is 2.57. The average Bonchev–Trinajstić information content (AvgIpc) is 2.33. The second-order valence-electron chi connectivity index (χ2n) is 5.75. The van der Waals surface area contributed by atoms with Gasteiger partial charge in [0, 0.05) is 19.0 Å². The summed E-state index contributed by atoms with van der Waals surface area (Å²) in [7, 11) is 0. The van der Waals surface area contributed by atoms with Crippen LogP contribution in [0.25, 0.3) is 0 Å². The number of carbonyl (C=O) groups is 2. The summed E-state index contributed by atoms with van der Waals surface area (Å²) < 4.78 is 0. The van der Waals surface area contributed by atoms with E-state index in [2.05, 4.69) is 13.8 Å². The van der Waals surface area contributed by atoms with Crippen LogP contribution in [-0.2, 0) is 9.59 Å². The van der Waals surface area contributed by atoms with Crippen LogP contribution in [0.4, 0.5) is 0 Å². The molecule has 0 aromatic heterocycles. The molecule has 2 atom stereocenters. The molecule has 5 heteroatoms. The van der Waals surface area contributed by atoms with Gasteiger partial charge in [-0.2, -0.15) is 0 Å². The van der Waals surface area contributed by atoms with Gasteiger partial charge in [-0.3, -0.25) is 9.59 Å². The van der Waals surface area contributed by atoms with E-state index in [1.54, 1.807) is 11.8 Å². The van der Waals surface area contributed by atoms with Gasteiger partial charge in [0.25, 0.3) is 0 Å². The molecule has 20 heavy (non-hydrogen) atoms. The molecule has 0 rings (SSSR count). The van der Waals surface area contributed by atoms with Gasteiger partial charge in [0.2, 0.25) is 5.91 Å². The van der Waals surface area contributed by atoms with E-state index in [0.29, 0.717) is 31.3 Å². The van der Waals surface area contributed by atoms with E-state index in [4.69, 9.17) is 10.8 Å². The highest BCUT2D eigenvalue weighted by Gasteiger charge is 2.22. The molecule has 0 fully saturated rings. The number of nitrogens with zero attached hydrogens (tertiary/aromatic N) is 1. The topological polar surface area (TPSA) is 83.6 Å². The lowest BCUT2D eigenvalue weighted by atomic mass is 9.88. The van der Waals surface area contributed by atoms with Crippen molar-refractivity contribution in [2.24, 2.45) is 17.6 Å². The van der Waals surface area contributed by atoms with Crippen molar-refractivity contribution in [3.63, 3.8) is 0 Å². The second kappa shape index (κ2) is 9.75. The van der Waals surface area contributed by atoms with Crippen LogP contribution in [0.5, 0.6) is 0 Å². The summed E-state index contributed by atoms with van der Waals surface area (Å²) in [5.41, 5.74) is 5.60. The maximum absolute atomic E-state index is 12.2. The molecule has 0 aliphatic carbocycles. The van der Waals surface area contributed by atoms with Crippen molar-refractivity contribution in [3.8, 4) is 0 Å².